The molecule has 1 N–H and O–H groups in total. The second kappa shape index (κ2) is 5.53. The lowest BCUT2D eigenvalue weighted by molar-refractivity contribution is -0.139. The van der Waals surface area contributed by atoms with Gasteiger partial charge in [0.2, 0.25) is 0 Å². The molecule has 106 valence electrons. The molecule has 0 aliphatic heterocycles. The number of alkyl halides is 3. The fraction of sp³-hybridized carbons (Fsp3) is 0.0833. The van der Waals surface area contributed by atoms with E-state index in [1.807, 2.05) is 0 Å². The number of hydrogen-bond acceptors (Lipinski definition) is 2. The third-order valence-corrected chi connectivity index (χ3v) is 3.95. The van der Waals surface area contributed by atoms with Gasteiger partial charge >= 0.3 is 6.18 Å². The minimum Gasteiger partial charge on any atom is -0.321 e. The molecule has 8 heteroatoms. The summed E-state index contributed by atoms with van der Waals surface area (Å²) in [6, 6.07) is 5.48. The summed E-state index contributed by atoms with van der Waals surface area (Å²) >= 11 is 4.31. The second-order valence-electron chi connectivity index (χ2n) is 3.75. The van der Waals surface area contributed by atoms with Crippen molar-refractivity contribution in [1.29, 1.82) is 0 Å². The highest BCUT2D eigenvalue weighted by Gasteiger charge is 2.34. The molecule has 0 saturated carbocycles. The van der Waals surface area contributed by atoms with Gasteiger partial charge in [0.05, 0.1) is 14.2 Å². The van der Waals surface area contributed by atoms with Crippen LogP contribution in [0.5, 0.6) is 0 Å². The lowest BCUT2D eigenvalue weighted by Crippen LogP contribution is -2.13. The Labute approximate surface area is 123 Å². The number of hydrogen-bond donors (Lipinski definition) is 1. The lowest BCUT2D eigenvalue weighted by atomic mass is 10.2. The number of halogens is 5. The van der Waals surface area contributed by atoms with Crippen molar-refractivity contribution in [2.75, 3.05) is 5.32 Å². The van der Waals surface area contributed by atoms with Crippen LogP contribution in [0.15, 0.2) is 34.1 Å². The number of carbonyl (C=O) groups is 1. The molecule has 1 aromatic carbocycles. The van der Waals surface area contributed by atoms with Gasteiger partial charge < -0.3 is 5.32 Å². The average Bonchev–Trinajstić information content (AvgIpc) is 2.77. The molecule has 0 aliphatic rings. The number of thiophene rings is 1. The van der Waals surface area contributed by atoms with E-state index in [4.69, 9.17) is 0 Å². The smallest absolute Gasteiger partial charge is 0.321 e. The van der Waals surface area contributed by atoms with Gasteiger partial charge in [0.15, 0.2) is 0 Å². The van der Waals surface area contributed by atoms with Crippen LogP contribution in [0.3, 0.4) is 0 Å². The maximum Gasteiger partial charge on any atom is 0.419 e. The maximum atomic E-state index is 13.1. The van der Waals surface area contributed by atoms with Crippen LogP contribution in [0.4, 0.5) is 23.2 Å². The van der Waals surface area contributed by atoms with Gasteiger partial charge in [-0.1, -0.05) is 0 Å². The molecule has 2 nitrogen and oxygen atoms in total. The molecular formula is C12H6BrF4NOS. The van der Waals surface area contributed by atoms with Gasteiger partial charge in [0.25, 0.3) is 5.91 Å². The number of benzene rings is 1. The summed E-state index contributed by atoms with van der Waals surface area (Å²) in [5.74, 6) is -1.94. The molecule has 0 atom stereocenters. The van der Waals surface area contributed by atoms with E-state index in [1.165, 1.54) is 6.07 Å². The predicted octanol–water partition coefficient (Wildman–Crippen LogP) is 4.92. The average molecular weight is 368 g/mol. The predicted molar refractivity (Wildman–Crippen MR) is 71.4 cm³/mol. The minimum absolute atomic E-state index is 0.117. The highest BCUT2D eigenvalue weighted by atomic mass is 79.9. The van der Waals surface area contributed by atoms with Gasteiger partial charge in [-0.05, 0) is 46.3 Å². The molecule has 2 aromatic rings. The molecule has 0 unspecified atom stereocenters. The van der Waals surface area contributed by atoms with Crippen molar-refractivity contribution >= 4 is 38.9 Å². The molecule has 0 aliphatic carbocycles. The first kappa shape index (κ1) is 15.0. The molecule has 0 fully saturated rings. The van der Waals surface area contributed by atoms with Crippen LogP contribution in [0, 0.1) is 5.82 Å². The lowest BCUT2D eigenvalue weighted by Gasteiger charge is -2.10. The first-order chi connectivity index (χ1) is 9.27. The summed E-state index contributed by atoms with van der Waals surface area (Å²) in [6.45, 7) is 0. The Morgan fingerprint density at radius 1 is 1.20 bits per heavy atom. The van der Waals surface area contributed by atoms with Gasteiger partial charge in [-0.3, -0.25) is 4.79 Å². The Morgan fingerprint density at radius 3 is 2.45 bits per heavy atom. The maximum absolute atomic E-state index is 13.1. The number of rotatable bonds is 2. The summed E-state index contributed by atoms with van der Waals surface area (Å²) in [6.07, 6.45) is -4.81. The molecule has 1 aromatic heterocycles. The quantitative estimate of drug-likeness (QED) is 0.749. The van der Waals surface area contributed by atoms with E-state index in [-0.39, 0.29) is 5.69 Å². The van der Waals surface area contributed by atoms with E-state index in [2.05, 4.69) is 21.2 Å². The molecule has 0 radical (unpaired) electrons. The zero-order valence-corrected chi connectivity index (χ0v) is 12.0. The Morgan fingerprint density at radius 2 is 1.90 bits per heavy atom. The van der Waals surface area contributed by atoms with Crippen molar-refractivity contribution in [2.45, 2.75) is 6.18 Å². The highest BCUT2D eigenvalue weighted by molar-refractivity contribution is 9.11. The van der Waals surface area contributed by atoms with Crippen molar-refractivity contribution in [2.24, 2.45) is 0 Å². The fourth-order valence-corrected chi connectivity index (χ4v) is 2.73. The van der Waals surface area contributed by atoms with Crippen LogP contribution in [0.1, 0.15) is 15.2 Å². The summed E-state index contributed by atoms with van der Waals surface area (Å²) in [4.78, 5) is 12.1. The monoisotopic (exact) mass is 367 g/mol. The largest absolute Gasteiger partial charge is 0.419 e. The van der Waals surface area contributed by atoms with Crippen LogP contribution in [0.25, 0.3) is 0 Å². The Bertz CT molecular complexity index is 653. The van der Waals surface area contributed by atoms with Crippen molar-refractivity contribution < 1.29 is 22.4 Å². The second-order valence-corrected chi connectivity index (χ2v) is 6.21. The molecule has 20 heavy (non-hydrogen) atoms. The first-order valence-electron chi connectivity index (χ1n) is 5.21. The van der Waals surface area contributed by atoms with E-state index >= 15 is 0 Å². The topological polar surface area (TPSA) is 29.1 Å². The van der Waals surface area contributed by atoms with Gasteiger partial charge in [0.1, 0.15) is 5.82 Å². The van der Waals surface area contributed by atoms with E-state index < -0.39 is 23.5 Å². The van der Waals surface area contributed by atoms with Crippen LogP contribution in [-0.4, -0.2) is 5.91 Å². The van der Waals surface area contributed by atoms with Crippen molar-refractivity contribution in [3.05, 3.63) is 50.4 Å². The molecule has 2 rings (SSSR count). The molecule has 0 spiro atoms. The van der Waals surface area contributed by atoms with Crippen LogP contribution in [-0.2, 0) is 6.18 Å². The Hall–Kier alpha value is -1.41. The van der Waals surface area contributed by atoms with Crippen molar-refractivity contribution in [1.82, 2.24) is 0 Å². The minimum atomic E-state index is -4.81. The summed E-state index contributed by atoms with van der Waals surface area (Å²) in [5, 5.41) is 2.30. The van der Waals surface area contributed by atoms with Gasteiger partial charge in [0, 0.05) is 5.69 Å². The molecule has 1 heterocycles. The standard InChI is InChI=1S/C12H6BrF4NOS/c13-10-4-3-9(20-10)11(19)18-6-1-2-8(14)7(5-6)12(15,16)17/h1-5H,(H,18,19). The van der Waals surface area contributed by atoms with Crippen LogP contribution in [0.2, 0.25) is 0 Å². The highest BCUT2D eigenvalue weighted by Crippen LogP contribution is 2.33. The third-order valence-electron chi connectivity index (χ3n) is 2.33. The van der Waals surface area contributed by atoms with Gasteiger partial charge in [-0.15, -0.1) is 11.3 Å². The number of carbonyl (C=O) groups excluding carboxylic acids is 1. The van der Waals surface area contributed by atoms with Crippen molar-refractivity contribution in [3.8, 4) is 0 Å². The molecule has 0 bridgehead atoms. The van der Waals surface area contributed by atoms with Crippen LogP contribution < -0.4 is 5.32 Å². The Kier molecular flexibility index (Phi) is 4.14. The van der Waals surface area contributed by atoms with Gasteiger partial charge in [-0.25, -0.2) is 4.39 Å². The third kappa shape index (κ3) is 3.37. The zero-order valence-electron chi connectivity index (χ0n) is 9.59. The number of nitrogens with one attached hydrogen (secondary N) is 1. The summed E-state index contributed by atoms with van der Waals surface area (Å²) in [5.41, 5.74) is -1.53. The SMILES string of the molecule is O=C(Nc1ccc(F)c(C(F)(F)F)c1)c1ccc(Br)s1. The fourth-order valence-electron chi connectivity index (χ4n) is 1.45. The zero-order chi connectivity index (χ0) is 14.9. The normalized spacial score (nSPS) is 11.4. The Balaban J connectivity index is 2.24. The summed E-state index contributed by atoms with van der Waals surface area (Å²) < 4.78 is 51.4. The van der Waals surface area contributed by atoms with E-state index in [1.54, 1.807) is 6.07 Å². The summed E-state index contributed by atoms with van der Waals surface area (Å²) in [7, 11) is 0. The van der Waals surface area contributed by atoms with E-state index in [9.17, 15) is 22.4 Å². The molecular weight excluding hydrogens is 362 g/mol. The first-order valence-corrected chi connectivity index (χ1v) is 6.82. The number of anilines is 1. The van der Waals surface area contributed by atoms with E-state index in [0.29, 0.717) is 17.0 Å². The van der Waals surface area contributed by atoms with Crippen molar-refractivity contribution in [3.63, 3.8) is 0 Å². The van der Waals surface area contributed by atoms with Gasteiger partial charge in [-0.2, -0.15) is 13.2 Å². The number of amides is 1. The molecule has 1 amide bonds. The van der Waals surface area contributed by atoms with E-state index in [0.717, 1.165) is 21.2 Å². The molecule has 0 saturated heterocycles. The van der Waals surface area contributed by atoms with Crippen LogP contribution >= 0.6 is 27.3 Å².